The van der Waals surface area contributed by atoms with Gasteiger partial charge in [0.25, 0.3) is 0 Å². The van der Waals surface area contributed by atoms with Crippen molar-refractivity contribution in [2.24, 2.45) is 0 Å². The van der Waals surface area contributed by atoms with E-state index in [1.165, 1.54) is 0 Å². The first-order valence-corrected chi connectivity index (χ1v) is 12.9. The molecule has 0 amide bonds. The van der Waals surface area contributed by atoms with Crippen molar-refractivity contribution in [3.05, 3.63) is 96.2 Å². The maximum atomic E-state index is 13.6. The molecule has 0 spiro atoms. The molecule has 0 bridgehead atoms. The molecule has 32 heavy (non-hydrogen) atoms. The maximum absolute atomic E-state index is 13.6. The van der Waals surface area contributed by atoms with E-state index in [4.69, 9.17) is 0 Å². The van der Waals surface area contributed by atoms with Gasteiger partial charge < -0.3 is 4.55 Å². The minimum Gasteiger partial charge on any atom is -0.615 e. The molecule has 0 N–H and O–H groups in total. The average molecular weight is 455 g/mol. The van der Waals surface area contributed by atoms with Crippen LogP contribution >= 0.6 is 0 Å². The number of rotatable bonds is 14. The first-order valence-electron chi connectivity index (χ1n) is 11.8. The quantitative estimate of drug-likeness (QED) is 0.111. The Kier molecular flexibility index (Phi) is 15.9. The second kappa shape index (κ2) is 16.8. The summed E-state index contributed by atoms with van der Waals surface area (Å²) < 4.78 is 12.7. The monoisotopic (exact) mass is 454 g/mol. The molecule has 0 aromatic carbocycles. The summed E-state index contributed by atoms with van der Waals surface area (Å²) in [7, 11) is 0. The Balaban J connectivity index is 5.07. The van der Waals surface area contributed by atoms with Gasteiger partial charge in [-0.1, -0.05) is 85.1 Å². The van der Waals surface area contributed by atoms with Crippen molar-refractivity contribution in [3.8, 4) is 0 Å². The smallest absolute Gasteiger partial charge is 0.141 e. The topological polar surface area (TPSA) is 23.1 Å². The Morgan fingerprint density at radius 1 is 0.594 bits per heavy atom. The molecule has 2 heteroatoms. The fourth-order valence-corrected chi connectivity index (χ4v) is 4.92. The molecule has 0 aromatic rings. The van der Waals surface area contributed by atoms with Gasteiger partial charge in [-0.25, -0.2) is 0 Å². The predicted octanol–water partition coefficient (Wildman–Crippen LogP) is 9.12. The third-order valence-corrected chi connectivity index (χ3v) is 8.20. The van der Waals surface area contributed by atoms with Crippen molar-refractivity contribution in [2.45, 2.75) is 90.6 Å². The zero-order valence-corrected chi connectivity index (χ0v) is 22.5. The van der Waals surface area contributed by atoms with Gasteiger partial charge in [-0.3, -0.25) is 0 Å². The second-order valence-electron chi connectivity index (χ2n) is 8.91. The van der Waals surface area contributed by atoms with E-state index >= 15 is 0 Å². The molecule has 0 aliphatic heterocycles. The van der Waals surface area contributed by atoms with Crippen LogP contribution in [-0.4, -0.2) is 14.0 Å². The Morgan fingerprint density at radius 3 is 1.28 bits per heavy atom. The minimum absolute atomic E-state index is 0.422. The summed E-state index contributed by atoms with van der Waals surface area (Å²) in [6.07, 6.45) is 33.6. The summed E-state index contributed by atoms with van der Waals surface area (Å²) >= 11 is -1.08. The number of unbranched alkanes of at least 4 members (excludes halogenated alkanes) is 2. The van der Waals surface area contributed by atoms with Crippen LogP contribution in [0, 0.1) is 0 Å². The molecule has 0 aromatic heterocycles. The average Bonchev–Trinajstić information content (AvgIpc) is 2.76. The van der Waals surface area contributed by atoms with Gasteiger partial charge in [0.1, 0.15) is 9.49 Å². The second-order valence-corrected chi connectivity index (χ2v) is 11.5. The van der Waals surface area contributed by atoms with Crippen LogP contribution in [0.25, 0.3) is 0 Å². The molecule has 0 fully saturated rings. The Hall–Kier alpha value is -1.77. The largest absolute Gasteiger partial charge is 0.615 e. The van der Waals surface area contributed by atoms with Crippen molar-refractivity contribution in [1.82, 2.24) is 0 Å². The minimum atomic E-state index is -1.08. The number of hydrogen-bond acceptors (Lipinski definition) is 1. The van der Waals surface area contributed by atoms with Gasteiger partial charge in [0.05, 0.1) is 0 Å². The standard InChI is InChI=1S/C30H46OS/c1-9-11-13-15-17-19-21-23-25-27(3)29(5,6)32(31)30(7,8)28(4)26-24-22-20-18-16-14-12-10-2/h9-12,17-26H,13-16H2,1-8H3/b11-9+,12-10+,19-17+,20-18+,23-21+,24-22+,27-25+,28-26+. The van der Waals surface area contributed by atoms with Crippen LogP contribution in [-0.2, 0) is 11.2 Å². The van der Waals surface area contributed by atoms with Gasteiger partial charge in [0.2, 0.25) is 0 Å². The highest BCUT2D eigenvalue weighted by Crippen LogP contribution is 2.38. The lowest BCUT2D eigenvalue weighted by molar-refractivity contribution is 0.536. The summed E-state index contributed by atoms with van der Waals surface area (Å²) in [5.74, 6) is 0. The molecule has 0 heterocycles. The lowest BCUT2D eigenvalue weighted by Crippen LogP contribution is -2.47. The van der Waals surface area contributed by atoms with Gasteiger partial charge in [-0.05, 0) is 103 Å². The van der Waals surface area contributed by atoms with Gasteiger partial charge in [0, 0.05) is 0 Å². The summed E-state index contributed by atoms with van der Waals surface area (Å²) in [6.45, 7) is 16.6. The fraction of sp³-hybridized carbons (Fsp3) is 0.467. The van der Waals surface area contributed by atoms with Crippen LogP contribution in [0.1, 0.15) is 81.1 Å². The third-order valence-electron chi connectivity index (χ3n) is 5.71. The third kappa shape index (κ3) is 11.7. The van der Waals surface area contributed by atoms with Crippen molar-refractivity contribution in [3.63, 3.8) is 0 Å². The zero-order chi connectivity index (χ0) is 24.5. The van der Waals surface area contributed by atoms with Crippen LogP contribution in [0.5, 0.6) is 0 Å². The van der Waals surface area contributed by atoms with Gasteiger partial charge in [0.15, 0.2) is 0 Å². The molecule has 0 aliphatic carbocycles. The van der Waals surface area contributed by atoms with Gasteiger partial charge in [-0.2, -0.15) is 0 Å². The number of hydrogen-bond donors (Lipinski definition) is 0. The van der Waals surface area contributed by atoms with Gasteiger partial charge in [-0.15, -0.1) is 0 Å². The van der Waals surface area contributed by atoms with Crippen molar-refractivity contribution < 1.29 is 4.55 Å². The molecule has 178 valence electrons. The van der Waals surface area contributed by atoms with E-state index in [1.54, 1.807) is 0 Å². The highest BCUT2D eigenvalue weighted by Gasteiger charge is 2.45. The summed E-state index contributed by atoms with van der Waals surface area (Å²) in [5.41, 5.74) is 2.24. The van der Waals surface area contributed by atoms with E-state index in [9.17, 15) is 4.55 Å². The molecule has 1 nitrogen and oxygen atoms in total. The van der Waals surface area contributed by atoms with E-state index in [1.807, 2.05) is 38.2 Å². The van der Waals surface area contributed by atoms with Crippen LogP contribution in [0.2, 0.25) is 0 Å². The molecule has 0 saturated carbocycles. The van der Waals surface area contributed by atoms with Crippen LogP contribution in [0.4, 0.5) is 0 Å². The van der Waals surface area contributed by atoms with Crippen molar-refractivity contribution >= 4 is 11.2 Å². The van der Waals surface area contributed by atoms with Crippen molar-refractivity contribution in [1.29, 1.82) is 0 Å². The Labute approximate surface area is 202 Å². The first kappa shape index (κ1) is 30.2. The lowest BCUT2D eigenvalue weighted by atomic mass is 10.0. The van der Waals surface area contributed by atoms with E-state index in [0.29, 0.717) is 0 Å². The highest BCUT2D eigenvalue weighted by molar-refractivity contribution is 7.94. The molecule has 0 saturated heterocycles. The lowest BCUT2D eigenvalue weighted by Gasteiger charge is -2.40. The van der Waals surface area contributed by atoms with E-state index < -0.39 is 20.7 Å². The fourth-order valence-electron chi connectivity index (χ4n) is 2.93. The summed E-state index contributed by atoms with van der Waals surface area (Å²) in [6, 6.07) is 0. The van der Waals surface area contributed by atoms with Gasteiger partial charge >= 0.3 is 0 Å². The Morgan fingerprint density at radius 2 is 0.938 bits per heavy atom. The van der Waals surface area contributed by atoms with Crippen molar-refractivity contribution in [2.75, 3.05) is 0 Å². The number of allylic oxidation sites excluding steroid dienone is 14. The molecular weight excluding hydrogens is 408 g/mol. The molecule has 0 aliphatic rings. The highest BCUT2D eigenvalue weighted by atomic mass is 32.2. The van der Waals surface area contributed by atoms with E-state index in [-0.39, 0.29) is 0 Å². The molecule has 0 atom stereocenters. The summed E-state index contributed by atoms with van der Waals surface area (Å²) in [4.78, 5) is 0. The van der Waals surface area contributed by atoms with Crippen LogP contribution in [0.15, 0.2) is 96.2 Å². The zero-order valence-electron chi connectivity index (χ0n) is 21.7. The SMILES string of the molecule is C/C=C/CC/C=C/C=C/C=C(\C)C(C)(C)[S+]([O-])C(C)(C)/C(C)=C/C=C/C=C/CC/C=C/C. The molecular formula is C30H46OS. The first-order chi connectivity index (χ1) is 15.1. The molecule has 0 unspecified atom stereocenters. The van der Waals surface area contributed by atoms with Crippen LogP contribution < -0.4 is 0 Å². The van der Waals surface area contributed by atoms with E-state index in [2.05, 4.69) is 102 Å². The summed E-state index contributed by atoms with van der Waals surface area (Å²) in [5, 5.41) is 0. The predicted molar refractivity (Wildman–Crippen MR) is 148 cm³/mol. The Bertz CT molecular complexity index is 688. The molecule has 0 radical (unpaired) electrons. The normalized spacial score (nSPS) is 16.3. The molecule has 0 rings (SSSR count). The maximum Gasteiger partial charge on any atom is 0.141 e. The van der Waals surface area contributed by atoms with E-state index in [0.717, 1.165) is 36.8 Å². The van der Waals surface area contributed by atoms with Crippen LogP contribution in [0.3, 0.4) is 0 Å².